The number of thioether (sulfide) groups is 1. The van der Waals surface area contributed by atoms with Crippen LogP contribution < -0.4 is 5.14 Å². The van der Waals surface area contributed by atoms with Crippen molar-refractivity contribution in [3.05, 3.63) is 23.8 Å². The van der Waals surface area contributed by atoms with Crippen LogP contribution in [0.3, 0.4) is 0 Å². The number of benzene rings is 1. The van der Waals surface area contributed by atoms with Gasteiger partial charge in [-0.2, -0.15) is 0 Å². The van der Waals surface area contributed by atoms with Crippen molar-refractivity contribution >= 4 is 21.8 Å². The zero-order valence-corrected chi connectivity index (χ0v) is 9.08. The fourth-order valence-electron chi connectivity index (χ4n) is 1.15. The van der Waals surface area contributed by atoms with Gasteiger partial charge in [-0.3, -0.25) is 0 Å². The van der Waals surface area contributed by atoms with Gasteiger partial charge in [0.25, 0.3) is 0 Å². The standard InChI is InChI=1S/C8H11NO2S2/c1-6-4-3-5-7(12-2)8(6)13(9,10)11/h3-5H,1-2H3,(H2,9,10,11). The van der Waals surface area contributed by atoms with Crippen LogP contribution in [0, 0.1) is 6.92 Å². The normalized spacial score (nSPS) is 11.6. The van der Waals surface area contributed by atoms with E-state index in [0.29, 0.717) is 10.5 Å². The first-order chi connectivity index (χ1) is 5.96. The molecule has 0 aliphatic carbocycles. The maximum absolute atomic E-state index is 11.2. The number of nitrogens with two attached hydrogens (primary N) is 1. The summed E-state index contributed by atoms with van der Waals surface area (Å²) in [6.45, 7) is 1.74. The Labute approximate surface area is 82.4 Å². The maximum Gasteiger partial charge on any atom is 0.239 e. The molecule has 2 N–H and O–H groups in total. The summed E-state index contributed by atoms with van der Waals surface area (Å²) in [5.41, 5.74) is 0.689. The average Bonchev–Trinajstić information content (AvgIpc) is 2.01. The fourth-order valence-corrected chi connectivity index (χ4v) is 3.18. The van der Waals surface area contributed by atoms with Crippen molar-refractivity contribution in [3.63, 3.8) is 0 Å². The van der Waals surface area contributed by atoms with E-state index in [4.69, 9.17) is 5.14 Å². The van der Waals surface area contributed by atoms with Crippen LogP contribution in [0.5, 0.6) is 0 Å². The quantitative estimate of drug-likeness (QED) is 0.761. The highest BCUT2D eigenvalue weighted by Gasteiger charge is 2.15. The Hall–Kier alpha value is -0.520. The predicted molar refractivity (Wildman–Crippen MR) is 54.3 cm³/mol. The molecule has 0 aliphatic heterocycles. The van der Waals surface area contributed by atoms with E-state index in [-0.39, 0.29) is 4.90 Å². The zero-order valence-electron chi connectivity index (χ0n) is 7.44. The number of aryl methyl sites for hydroxylation is 1. The molecule has 0 saturated carbocycles. The Morgan fingerprint density at radius 3 is 2.38 bits per heavy atom. The SMILES string of the molecule is CSc1cccc(C)c1S(N)(=O)=O. The molecule has 1 aromatic rings. The molecule has 72 valence electrons. The Kier molecular flexibility index (Phi) is 3.00. The second-order valence-corrected chi connectivity index (χ2v) is 5.00. The molecule has 0 aliphatic rings. The van der Waals surface area contributed by atoms with Crippen molar-refractivity contribution in [2.75, 3.05) is 6.26 Å². The summed E-state index contributed by atoms with van der Waals surface area (Å²) in [6.07, 6.45) is 1.82. The third-order valence-electron chi connectivity index (χ3n) is 1.68. The number of hydrogen-bond donors (Lipinski definition) is 1. The summed E-state index contributed by atoms with van der Waals surface area (Å²) in [6, 6.07) is 5.30. The van der Waals surface area contributed by atoms with Crippen molar-refractivity contribution in [2.45, 2.75) is 16.7 Å². The Morgan fingerprint density at radius 1 is 1.38 bits per heavy atom. The molecule has 0 bridgehead atoms. The highest BCUT2D eigenvalue weighted by atomic mass is 32.2. The molecule has 0 spiro atoms. The predicted octanol–water partition coefficient (Wildman–Crippen LogP) is 1.36. The smallest absolute Gasteiger partial charge is 0.225 e. The molecule has 5 heteroatoms. The molecule has 0 aromatic heterocycles. The summed E-state index contributed by atoms with van der Waals surface area (Å²) in [5.74, 6) is 0. The van der Waals surface area contributed by atoms with E-state index < -0.39 is 10.0 Å². The summed E-state index contributed by atoms with van der Waals surface area (Å²) in [5, 5.41) is 5.09. The second kappa shape index (κ2) is 3.69. The lowest BCUT2D eigenvalue weighted by molar-refractivity contribution is 0.595. The van der Waals surface area contributed by atoms with Crippen LogP contribution in [-0.4, -0.2) is 14.7 Å². The molecule has 0 radical (unpaired) electrons. The van der Waals surface area contributed by atoms with Gasteiger partial charge < -0.3 is 0 Å². The van der Waals surface area contributed by atoms with Crippen LogP contribution in [0.25, 0.3) is 0 Å². The van der Waals surface area contributed by atoms with Crippen LogP contribution in [0.4, 0.5) is 0 Å². The van der Waals surface area contributed by atoms with Crippen molar-refractivity contribution in [2.24, 2.45) is 5.14 Å². The third kappa shape index (κ3) is 2.24. The first-order valence-electron chi connectivity index (χ1n) is 3.63. The molecular formula is C8H11NO2S2. The van der Waals surface area contributed by atoms with E-state index in [2.05, 4.69) is 0 Å². The molecule has 1 aromatic carbocycles. The number of primary sulfonamides is 1. The van der Waals surface area contributed by atoms with E-state index in [9.17, 15) is 8.42 Å². The average molecular weight is 217 g/mol. The molecule has 13 heavy (non-hydrogen) atoms. The van der Waals surface area contributed by atoms with Crippen LogP contribution in [0.2, 0.25) is 0 Å². The van der Waals surface area contributed by atoms with Crippen molar-refractivity contribution in [3.8, 4) is 0 Å². The molecule has 1 rings (SSSR count). The molecule has 0 heterocycles. The summed E-state index contributed by atoms with van der Waals surface area (Å²) >= 11 is 1.38. The Morgan fingerprint density at radius 2 is 2.00 bits per heavy atom. The summed E-state index contributed by atoms with van der Waals surface area (Å²) in [7, 11) is -3.60. The van der Waals surface area contributed by atoms with Crippen molar-refractivity contribution in [1.82, 2.24) is 0 Å². The van der Waals surface area contributed by atoms with Gasteiger partial charge in [0.1, 0.15) is 0 Å². The number of rotatable bonds is 2. The molecule has 0 saturated heterocycles. The van der Waals surface area contributed by atoms with Gasteiger partial charge in [-0.05, 0) is 24.8 Å². The van der Waals surface area contributed by atoms with Crippen LogP contribution >= 0.6 is 11.8 Å². The molecule has 0 atom stereocenters. The van der Waals surface area contributed by atoms with E-state index in [0.717, 1.165) is 0 Å². The zero-order chi connectivity index (χ0) is 10.1. The third-order valence-corrected chi connectivity index (χ3v) is 3.70. The van der Waals surface area contributed by atoms with Gasteiger partial charge >= 0.3 is 0 Å². The fraction of sp³-hybridized carbons (Fsp3) is 0.250. The maximum atomic E-state index is 11.2. The molecule has 0 amide bonds. The van der Waals surface area contributed by atoms with Gasteiger partial charge in [0.15, 0.2) is 0 Å². The number of sulfonamides is 1. The summed E-state index contributed by atoms with van der Waals surface area (Å²) < 4.78 is 22.4. The Balaban J connectivity index is 3.50. The van der Waals surface area contributed by atoms with E-state index in [1.54, 1.807) is 19.1 Å². The Bertz CT molecular complexity index is 412. The first kappa shape index (κ1) is 10.6. The largest absolute Gasteiger partial charge is 0.239 e. The number of hydrogen-bond acceptors (Lipinski definition) is 3. The second-order valence-electron chi connectivity index (χ2n) is 2.65. The molecule has 3 nitrogen and oxygen atoms in total. The molecule has 0 unspecified atom stereocenters. The molecular weight excluding hydrogens is 206 g/mol. The van der Waals surface area contributed by atoms with Gasteiger partial charge in [-0.1, -0.05) is 12.1 Å². The summed E-state index contributed by atoms with van der Waals surface area (Å²) in [4.78, 5) is 0.935. The van der Waals surface area contributed by atoms with E-state index in [1.165, 1.54) is 11.8 Å². The van der Waals surface area contributed by atoms with Gasteiger partial charge in [0, 0.05) is 4.90 Å². The van der Waals surface area contributed by atoms with Gasteiger partial charge in [-0.25, -0.2) is 13.6 Å². The van der Waals surface area contributed by atoms with Crippen LogP contribution in [0.15, 0.2) is 28.0 Å². The van der Waals surface area contributed by atoms with Crippen molar-refractivity contribution < 1.29 is 8.42 Å². The lowest BCUT2D eigenvalue weighted by atomic mass is 10.2. The minimum absolute atomic E-state index is 0.238. The van der Waals surface area contributed by atoms with Gasteiger partial charge in [0.2, 0.25) is 10.0 Å². The minimum atomic E-state index is -3.60. The first-order valence-corrected chi connectivity index (χ1v) is 6.40. The van der Waals surface area contributed by atoms with E-state index >= 15 is 0 Å². The minimum Gasteiger partial charge on any atom is -0.225 e. The van der Waals surface area contributed by atoms with Crippen LogP contribution in [-0.2, 0) is 10.0 Å². The topological polar surface area (TPSA) is 60.2 Å². The van der Waals surface area contributed by atoms with E-state index in [1.807, 2.05) is 12.3 Å². The van der Waals surface area contributed by atoms with Gasteiger partial charge in [0.05, 0.1) is 4.90 Å². The van der Waals surface area contributed by atoms with Crippen LogP contribution in [0.1, 0.15) is 5.56 Å². The molecule has 0 fully saturated rings. The van der Waals surface area contributed by atoms with Crippen molar-refractivity contribution in [1.29, 1.82) is 0 Å². The lowest BCUT2D eigenvalue weighted by Crippen LogP contribution is -2.14. The highest BCUT2D eigenvalue weighted by Crippen LogP contribution is 2.26. The monoisotopic (exact) mass is 217 g/mol. The lowest BCUT2D eigenvalue weighted by Gasteiger charge is -2.07. The van der Waals surface area contributed by atoms with Gasteiger partial charge in [-0.15, -0.1) is 11.8 Å². The highest BCUT2D eigenvalue weighted by molar-refractivity contribution is 7.99.